The second-order valence-electron chi connectivity index (χ2n) is 5.86. The van der Waals surface area contributed by atoms with Gasteiger partial charge in [0.2, 0.25) is 0 Å². The first kappa shape index (κ1) is 15.4. The lowest BCUT2D eigenvalue weighted by Gasteiger charge is -2.13. The van der Waals surface area contributed by atoms with Gasteiger partial charge in [-0.25, -0.2) is 4.68 Å². The van der Waals surface area contributed by atoms with Crippen molar-refractivity contribution in [1.82, 2.24) is 24.5 Å². The van der Waals surface area contributed by atoms with Crippen LogP contribution in [0, 0.1) is 0 Å². The molecule has 0 aliphatic carbocycles. The Labute approximate surface area is 142 Å². The summed E-state index contributed by atoms with van der Waals surface area (Å²) in [6.07, 6.45) is 4.18. The fraction of sp³-hybridized carbons (Fsp3) is 0.235. The highest BCUT2D eigenvalue weighted by Crippen LogP contribution is 2.24. The van der Waals surface area contributed by atoms with Gasteiger partial charge >= 0.3 is 0 Å². The molecule has 8 nitrogen and oxygen atoms in total. The summed E-state index contributed by atoms with van der Waals surface area (Å²) in [7, 11) is 1.58. The van der Waals surface area contributed by atoms with E-state index in [0.717, 1.165) is 10.9 Å². The quantitative estimate of drug-likeness (QED) is 0.566. The summed E-state index contributed by atoms with van der Waals surface area (Å²) < 4.78 is 8.48. The van der Waals surface area contributed by atoms with Crippen molar-refractivity contribution >= 4 is 21.8 Å². The van der Waals surface area contributed by atoms with E-state index in [-0.39, 0.29) is 18.7 Å². The number of hydrogen-bond donors (Lipinski definition) is 2. The van der Waals surface area contributed by atoms with Crippen LogP contribution in [0.1, 0.15) is 0 Å². The van der Waals surface area contributed by atoms with Crippen LogP contribution in [-0.2, 0) is 13.6 Å². The topological polar surface area (TPSA) is 98.0 Å². The molecule has 0 bridgehead atoms. The van der Waals surface area contributed by atoms with E-state index in [0.29, 0.717) is 16.7 Å². The zero-order valence-corrected chi connectivity index (χ0v) is 13.6. The normalized spacial score (nSPS) is 12.7. The van der Waals surface area contributed by atoms with Crippen LogP contribution in [0.25, 0.3) is 21.8 Å². The van der Waals surface area contributed by atoms with E-state index in [9.17, 15) is 9.90 Å². The predicted molar refractivity (Wildman–Crippen MR) is 92.6 cm³/mol. The number of nitrogens with zero attached hydrogens (tertiary/aromatic N) is 4. The largest absolute Gasteiger partial charge is 0.490 e. The van der Waals surface area contributed by atoms with Crippen LogP contribution in [0.15, 0.2) is 47.7 Å². The zero-order valence-electron chi connectivity index (χ0n) is 13.6. The number of aliphatic hydroxyl groups is 1. The molecule has 8 heteroatoms. The highest BCUT2D eigenvalue weighted by atomic mass is 16.5. The second kappa shape index (κ2) is 6.06. The van der Waals surface area contributed by atoms with Crippen LogP contribution < -0.4 is 10.3 Å². The molecule has 2 N–H and O–H groups in total. The Morgan fingerprint density at radius 1 is 1.28 bits per heavy atom. The number of hydrogen-bond acceptors (Lipinski definition) is 5. The molecule has 3 heterocycles. The molecule has 0 unspecified atom stereocenters. The number of ether oxygens (including phenoxy) is 1. The molecule has 0 radical (unpaired) electrons. The summed E-state index contributed by atoms with van der Waals surface area (Å²) in [6.45, 7) is 0.253. The molecule has 0 spiro atoms. The third kappa shape index (κ3) is 2.76. The van der Waals surface area contributed by atoms with Crippen LogP contribution in [0.4, 0.5) is 0 Å². The average Bonchev–Trinajstić information content (AvgIpc) is 3.24. The van der Waals surface area contributed by atoms with Crippen molar-refractivity contribution in [1.29, 1.82) is 0 Å². The maximum atomic E-state index is 12.2. The van der Waals surface area contributed by atoms with Crippen LogP contribution in [0.3, 0.4) is 0 Å². The summed E-state index contributed by atoms with van der Waals surface area (Å²) in [5.74, 6) is 0.697. The molecule has 1 aromatic carbocycles. The smallest absolute Gasteiger partial charge is 0.292 e. The third-order valence-electron chi connectivity index (χ3n) is 4.10. The minimum Gasteiger partial charge on any atom is -0.490 e. The van der Waals surface area contributed by atoms with Gasteiger partial charge < -0.3 is 14.8 Å². The SMILES string of the molecule is Cn1ncc2cnn(C[C@@H](O)COc3cccc4[nH]ccc34)c2c1=O. The van der Waals surface area contributed by atoms with Gasteiger partial charge in [0.1, 0.15) is 24.0 Å². The molecule has 0 saturated heterocycles. The minimum atomic E-state index is -0.810. The Morgan fingerprint density at radius 2 is 2.12 bits per heavy atom. The maximum Gasteiger partial charge on any atom is 0.292 e. The molecule has 0 aliphatic heterocycles. The highest BCUT2D eigenvalue weighted by Gasteiger charge is 2.14. The number of rotatable bonds is 5. The van der Waals surface area contributed by atoms with Gasteiger partial charge in [-0.3, -0.25) is 9.48 Å². The van der Waals surface area contributed by atoms with Crippen molar-refractivity contribution in [3.63, 3.8) is 0 Å². The first-order valence-corrected chi connectivity index (χ1v) is 7.88. The van der Waals surface area contributed by atoms with E-state index < -0.39 is 6.10 Å². The summed E-state index contributed by atoms with van der Waals surface area (Å²) >= 11 is 0. The van der Waals surface area contributed by atoms with Crippen molar-refractivity contribution in [2.75, 3.05) is 6.61 Å². The summed E-state index contributed by atoms with van der Waals surface area (Å²) in [5.41, 5.74) is 1.14. The molecular weight excluding hydrogens is 322 g/mol. The van der Waals surface area contributed by atoms with Crippen molar-refractivity contribution in [2.24, 2.45) is 7.05 Å². The van der Waals surface area contributed by atoms with Crippen LogP contribution in [-0.4, -0.2) is 42.4 Å². The second-order valence-corrected chi connectivity index (χ2v) is 5.86. The lowest BCUT2D eigenvalue weighted by atomic mass is 10.2. The summed E-state index contributed by atoms with van der Waals surface area (Å²) in [6, 6.07) is 7.62. The third-order valence-corrected chi connectivity index (χ3v) is 4.10. The van der Waals surface area contributed by atoms with Gasteiger partial charge in [-0.15, -0.1) is 0 Å². The van der Waals surface area contributed by atoms with Gasteiger partial charge in [0, 0.05) is 29.5 Å². The van der Waals surface area contributed by atoms with Crippen molar-refractivity contribution < 1.29 is 9.84 Å². The van der Waals surface area contributed by atoms with Crippen LogP contribution in [0.2, 0.25) is 0 Å². The average molecular weight is 339 g/mol. The van der Waals surface area contributed by atoms with E-state index in [1.165, 1.54) is 9.36 Å². The fourth-order valence-corrected chi connectivity index (χ4v) is 2.84. The Hall–Kier alpha value is -3.13. The van der Waals surface area contributed by atoms with E-state index >= 15 is 0 Å². The first-order chi connectivity index (χ1) is 12.1. The Balaban J connectivity index is 1.51. The Bertz CT molecular complexity index is 1090. The number of H-pyrrole nitrogens is 1. The van der Waals surface area contributed by atoms with E-state index in [1.54, 1.807) is 19.4 Å². The molecule has 4 aromatic rings. The molecule has 1 atom stereocenters. The molecule has 0 saturated carbocycles. The van der Waals surface area contributed by atoms with E-state index in [1.807, 2.05) is 30.5 Å². The number of benzene rings is 1. The van der Waals surface area contributed by atoms with E-state index in [4.69, 9.17) is 4.74 Å². The monoisotopic (exact) mass is 339 g/mol. The van der Waals surface area contributed by atoms with Crippen molar-refractivity contribution in [2.45, 2.75) is 12.6 Å². The van der Waals surface area contributed by atoms with Gasteiger partial charge in [0.05, 0.1) is 18.9 Å². The highest BCUT2D eigenvalue weighted by molar-refractivity contribution is 5.85. The lowest BCUT2D eigenvalue weighted by Crippen LogP contribution is -2.27. The molecule has 3 aromatic heterocycles. The maximum absolute atomic E-state index is 12.2. The van der Waals surface area contributed by atoms with Crippen LogP contribution >= 0.6 is 0 Å². The fourth-order valence-electron chi connectivity index (χ4n) is 2.84. The molecule has 4 rings (SSSR count). The predicted octanol–water partition coefficient (Wildman–Crippen LogP) is 1.05. The van der Waals surface area contributed by atoms with Crippen LogP contribution in [0.5, 0.6) is 5.75 Å². The lowest BCUT2D eigenvalue weighted by molar-refractivity contribution is 0.0911. The molecule has 25 heavy (non-hydrogen) atoms. The molecule has 0 fully saturated rings. The number of nitrogens with one attached hydrogen (secondary N) is 1. The Morgan fingerprint density at radius 3 is 3.00 bits per heavy atom. The molecule has 128 valence electrons. The van der Waals surface area contributed by atoms with Crippen molar-refractivity contribution in [3.8, 4) is 5.75 Å². The van der Waals surface area contributed by atoms with E-state index in [2.05, 4.69) is 15.2 Å². The standard InChI is InChI=1S/C17H17N5O3/c1-21-17(24)16-11(7-19-21)8-20-22(16)9-12(23)10-25-15-4-2-3-14-13(15)5-6-18-14/h2-8,12,18,23H,9-10H2,1H3/t12-/m1/s1. The summed E-state index contributed by atoms with van der Waals surface area (Å²) in [4.78, 5) is 15.3. The number of aromatic amines is 1. The molecular formula is C17H17N5O3. The number of fused-ring (bicyclic) bond motifs is 2. The first-order valence-electron chi connectivity index (χ1n) is 7.88. The molecule has 0 aliphatic rings. The minimum absolute atomic E-state index is 0.0943. The number of aliphatic hydroxyl groups excluding tert-OH is 1. The number of aryl methyl sites for hydroxylation is 1. The van der Waals surface area contributed by atoms with Gasteiger partial charge in [0.15, 0.2) is 0 Å². The van der Waals surface area contributed by atoms with Gasteiger partial charge in [0.25, 0.3) is 5.56 Å². The van der Waals surface area contributed by atoms with Gasteiger partial charge in [-0.2, -0.15) is 10.2 Å². The van der Waals surface area contributed by atoms with Gasteiger partial charge in [-0.1, -0.05) is 6.07 Å². The van der Waals surface area contributed by atoms with Gasteiger partial charge in [-0.05, 0) is 18.2 Å². The Kier molecular flexibility index (Phi) is 3.73. The summed E-state index contributed by atoms with van der Waals surface area (Å²) in [5, 5.41) is 20.0. The zero-order chi connectivity index (χ0) is 17.4. The molecule has 0 amide bonds. The number of aromatic nitrogens is 5. The van der Waals surface area contributed by atoms with Crippen molar-refractivity contribution in [3.05, 3.63) is 53.2 Å².